The molecule has 2 N–H and O–H groups in total. The molecule has 0 radical (unpaired) electrons. The second-order valence-electron chi connectivity index (χ2n) is 5.74. The van der Waals surface area contributed by atoms with Gasteiger partial charge in [-0.05, 0) is 31.2 Å². The van der Waals surface area contributed by atoms with Crippen LogP contribution in [-0.4, -0.2) is 31.2 Å². The molecule has 8 nitrogen and oxygen atoms in total. The van der Waals surface area contributed by atoms with E-state index in [0.717, 1.165) is 17.0 Å². The van der Waals surface area contributed by atoms with Crippen LogP contribution in [0.5, 0.6) is 0 Å². The molecule has 0 atom stereocenters. The van der Waals surface area contributed by atoms with Crippen molar-refractivity contribution in [1.82, 2.24) is 24.1 Å². The fraction of sp³-hybridized carbons (Fsp3) is 0.111. The molecule has 0 unspecified atom stereocenters. The molecule has 0 aliphatic heterocycles. The largest absolute Gasteiger partial charge is 0.385 e. The normalized spacial score (nSPS) is 10.8. The van der Waals surface area contributed by atoms with Gasteiger partial charge in [0.05, 0.1) is 17.6 Å². The summed E-state index contributed by atoms with van der Waals surface area (Å²) in [4.78, 5) is 21.4. The molecule has 4 heterocycles. The van der Waals surface area contributed by atoms with Crippen molar-refractivity contribution in [3.05, 3.63) is 71.0 Å². The number of rotatable bonds is 4. The van der Waals surface area contributed by atoms with Gasteiger partial charge in [-0.15, -0.1) is 5.10 Å². The third-order valence-corrected chi connectivity index (χ3v) is 4.01. The van der Waals surface area contributed by atoms with Crippen molar-refractivity contribution < 1.29 is 0 Å². The lowest BCUT2D eigenvalue weighted by Crippen LogP contribution is -2.21. The Morgan fingerprint density at radius 2 is 1.96 bits per heavy atom. The minimum Gasteiger partial charge on any atom is -0.385 e. The molecule has 0 aliphatic carbocycles. The number of nitrogens with zero attached hydrogens (tertiary/aromatic N) is 5. The topological polar surface area (TPSA) is 89.1 Å². The number of fused-ring (bicyclic) bond motifs is 1. The maximum Gasteiger partial charge on any atom is 0.279 e. The molecule has 130 valence electrons. The summed E-state index contributed by atoms with van der Waals surface area (Å²) in [6, 6.07) is 10.8. The third-order valence-electron chi connectivity index (χ3n) is 4.01. The van der Waals surface area contributed by atoms with Crippen molar-refractivity contribution in [2.45, 2.75) is 6.92 Å². The molecular weight excluding hydrogens is 330 g/mol. The van der Waals surface area contributed by atoms with Gasteiger partial charge in [0.15, 0.2) is 11.5 Å². The van der Waals surface area contributed by atoms with Crippen LogP contribution in [0, 0.1) is 6.92 Å². The summed E-state index contributed by atoms with van der Waals surface area (Å²) in [5.41, 5.74) is 2.65. The average molecular weight is 347 g/mol. The Balaban J connectivity index is 1.78. The number of imidazole rings is 1. The highest BCUT2D eigenvalue weighted by molar-refractivity contribution is 5.72. The summed E-state index contributed by atoms with van der Waals surface area (Å²) in [6.45, 7) is 1.92. The van der Waals surface area contributed by atoms with Crippen LogP contribution in [0.1, 0.15) is 5.69 Å². The molecule has 0 fully saturated rings. The van der Waals surface area contributed by atoms with E-state index in [9.17, 15) is 4.79 Å². The van der Waals surface area contributed by atoms with Crippen LogP contribution in [0.3, 0.4) is 0 Å². The van der Waals surface area contributed by atoms with E-state index < -0.39 is 0 Å². The molecule has 0 saturated carbocycles. The van der Waals surface area contributed by atoms with Crippen LogP contribution in [0.2, 0.25) is 0 Å². The predicted octanol–water partition coefficient (Wildman–Crippen LogP) is 2.37. The van der Waals surface area contributed by atoms with Gasteiger partial charge < -0.3 is 10.6 Å². The minimum absolute atomic E-state index is 0.207. The first-order chi connectivity index (χ1) is 12.7. The van der Waals surface area contributed by atoms with Crippen molar-refractivity contribution in [1.29, 1.82) is 0 Å². The van der Waals surface area contributed by atoms with E-state index in [1.54, 1.807) is 41.3 Å². The Bertz CT molecular complexity index is 1130. The Morgan fingerprint density at radius 3 is 2.73 bits per heavy atom. The zero-order chi connectivity index (χ0) is 18.1. The quantitative estimate of drug-likeness (QED) is 0.589. The SMILES string of the molecule is CNc1cc(Nc2cccn(-c3ccccn3)c2=O)nn2c(C)cnc12. The predicted molar refractivity (Wildman–Crippen MR) is 100 cm³/mol. The maximum atomic E-state index is 12.8. The molecule has 26 heavy (non-hydrogen) atoms. The van der Waals surface area contributed by atoms with E-state index in [4.69, 9.17) is 0 Å². The summed E-state index contributed by atoms with van der Waals surface area (Å²) in [6.07, 6.45) is 5.09. The maximum absolute atomic E-state index is 12.8. The van der Waals surface area contributed by atoms with E-state index in [1.807, 2.05) is 32.2 Å². The molecule has 8 heteroatoms. The van der Waals surface area contributed by atoms with Gasteiger partial charge in [0, 0.05) is 25.5 Å². The summed E-state index contributed by atoms with van der Waals surface area (Å²) < 4.78 is 3.22. The van der Waals surface area contributed by atoms with Crippen molar-refractivity contribution in [3.63, 3.8) is 0 Å². The van der Waals surface area contributed by atoms with Gasteiger partial charge in [-0.25, -0.2) is 14.5 Å². The molecule has 4 rings (SSSR count). The van der Waals surface area contributed by atoms with Crippen molar-refractivity contribution in [2.24, 2.45) is 0 Å². The molecule has 0 aromatic carbocycles. The molecule has 4 aromatic heterocycles. The fourth-order valence-electron chi connectivity index (χ4n) is 2.73. The van der Waals surface area contributed by atoms with E-state index in [1.165, 1.54) is 4.57 Å². The summed E-state index contributed by atoms with van der Waals surface area (Å²) in [5.74, 6) is 1.10. The number of nitrogens with one attached hydrogen (secondary N) is 2. The lowest BCUT2D eigenvalue weighted by molar-refractivity contribution is 0.902. The second-order valence-corrected chi connectivity index (χ2v) is 5.74. The summed E-state index contributed by atoms with van der Waals surface area (Å²) in [5, 5.41) is 10.7. The number of hydrogen-bond donors (Lipinski definition) is 2. The van der Waals surface area contributed by atoms with Gasteiger partial charge in [0.2, 0.25) is 0 Å². The van der Waals surface area contributed by atoms with Gasteiger partial charge in [-0.1, -0.05) is 6.07 Å². The van der Waals surface area contributed by atoms with Gasteiger partial charge in [-0.3, -0.25) is 9.36 Å². The van der Waals surface area contributed by atoms with Crippen molar-refractivity contribution in [3.8, 4) is 5.82 Å². The van der Waals surface area contributed by atoms with Gasteiger partial charge in [-0.2, -0.15) is 0 Å². The van der Waals surface area contributed by atoms with Crippen molar-refractivity contribution >= 4 is 22.8 Å². The number of hydrogen-bond acceptors (Lipinski definition) is 6. The minimum atomic E-state index is -0.207. The average Bonchev–Trinajstić information content (AvgIpc) is 3.04. The van der Waals surface area contributed by atoms with E-state index in [2.05, 4.69) is 25.7 Å². The van der Waals surface area contributed by atoms with E-state index in [-0.39, 0.29) is 5.56 Å². The molecule has 0 saturated heterocycles. The van der Waals surface area contributed by atoms with Crippen LogP contribution in [-0.2, 0) is 0 Å². The van der Waals surface area contributed by atoms with Crippen LogP contribution < -0.4 is 16.2 Å². The monoisotopic (exact) mass is 347 g/mol. The first-order valence-corrected chi connectivity index (χ1v) is 8.10. The smallest absolute Gasteiger partial charge is 0.279 e. The first-order valence-electron chi connectivity index (χ1n) is 8.10. The second kappa shape index (κ2) is 6.32. The summed E-state index contributed by atoms with van der Waals surface area (Å²) in [7, 11) is 1.82. The molecule has 0 bridgehead atoms. The lowest BCUT2D eigenvalue weighted by atomic mass is 10.3. The molecule has 0 spiro atoms. The number of pyridine rings is 2. The fourth-order valence-corrected chi connectivity index (χ4v) is 2.73. The number of anilines is 3. The number of aryl methyl sites for hydroxylation is 1. The third kappa shape index (κ3) is 2.67. The first kappa shape index (κ1) is 15.8. The molecule has 0 amide bonds. The standard InChI is InChI=1S/C18H17N7O/c1-12-11-21-17-14(19-2)10-15(23-25(12)17)22-13-6-5-9-24(18(13)26)16-7-3-4-8-20-16/h3-11,19H,1-2H3,(H,22,23). The highest BCUT2D eigenvalue weighted by atomic mass is 16.1. The zero-order valence-corrected chi connectivity index (χ0v) is 14.3. The van der Waals surface area contributed by atoms with Crippen LogP contribution in [0.15, 0.2) is 59.8 Å². The van der Waals surface area contributed by atoms with Crippen molar-refractivity contribution in [2.75, 3.05) is 17.7 Å². The van der Waals surface area contributed by atoms with Crippen LogP contribution in [0.4, 0.5) is 17.2 Å². The van der Waals surface area contributed by atoms with Gasteiger partial charge >= 0.3 is 0 Å². The highest BCUT2D eigenvalue weighted by Crippen LogP contribution is 2.21. The van der Waals surface area contributed by atoms with Gasteiger partial charge in [0.1, 0.15) is 11.5 Å². The number of aromatic nitrogens is 5. The van der Waals surface area contributed by atoms with E-state index in [0.29, 0.717) is 17.3 Å². The Hall–Kier alpha value is -3.68. The summed E-state index contributed by atoms with van der Waals surface area (Å²) >= 11 is 0. The van der Waals surface area contributed by atoms with Gasteiger partial charge in [0.25, 0.3) is 5.56 Å². The Labute approximate surface area is 149 Å². The lowest BCUT2D eigenvalue weighted by Gasteiger charge is -2.11. The molecule has 4 aromatic rings. The Morgan fingerprint density at radius 1 is 1.08 bits per heavy atom. The zero-order valence-electron chi connectivity index (χ0n) is 14.3. The molecular formula is C18H17N7O. The van der Waals surface area contributed by atoms with Crippen LogP contribution >= 0.6 is 0 Å². The Kier molecular flexibility index (Phi) is 3.85. The van der Waals surface area contributed by atoms with E-state index >= 15 is 0 Å². The van der Waals surface area contributed by atoms with Crippen LogP contribution in [0.25, 0.3) is 11.5 Å². The highest BCUT2D eigenvalue weighted by Gasteiger charge is 2.11. The molecule has 0 aliphatic rings.